The van der Waals surface area contributed by atoms with Crippen molar-refractivity contribution >= 4 is 45.4 Å². The summed E-state index contributed by atoms with van der Waals surface area (Å²) in [6.45, 7) is 4.36. The van der Waals surface area contributed by atoms with Crippen LogP contribution in [0.25, 0.3) is 21.6 Å². The minimum Gasteiger partial charge on any atom is -0.339 e. The molecule has 0 radical (unpaired) electrons. The van der Waals surface area contributed by atoms with Gasteiger partial charge in [0.1, 0.15) is 10.7 Å². The molecule has 2 aromatic heterocycles. The second-order valence-corrected chi connectivity index (χ2v) is 7.44. The second-order valence-electron chi connectivity index (χ2n) is 6.59. The summed E-state index contributed by atoms with van der Waals surface area (Å²) in [5, 5.41) is 9.26. The van der Waals surface area contributed by atoms with Gasteiger partial charge in [-0.3, -0.25) is 9.59 Å². The van der Waals surface area contributed by atoms with Crippen LogP contribution in [0, 0.1) is 0 Å². The zero-order valence-electron chi connectivity index (χ0n) is 16.1. The SMILES string of the molecule is CCn1c(-c2nc(C(=O)Nc3cccc(NC(C)=O)c3)cs2)cc2ccccc21. The quantitative estimate of drug-likeness (QED) is 0.492. The van der Waals surface area contributed by atoms with Gasteiger partial charge in [0.2, 0.25) is 5.91 Å². The van der Waals surface area contributed by atoms with E-state index in [0.29, 0.717) is 17.1 Å². The Kier molecular flexibility index (Phi) is 5.14. The first-order valence-electron chi connectivity index (χ1n) is 9.28. The Morgan fingerprint density at radius 3 is 2.55 bits per heavy atom. The fourth-order valence-corrected chi connectivity index (χ4v) is 4.12. The Bertz CT molecular complexity index is 1210. The van der Waals surface area contributed by atoms with Crippen LogP contribution in [-0.2, 0) is 11.3 Å². The molecule has 2 N–H and O–H groups in total. The lowest BCUT2D eigenvalue weighted by Gasteiger charge is -2.07. The number of para-hydroxylation sites is 1. The molecule has 0 aliphatic carbocycles. The highest BCUT2D eigenvalue weighted by Crippen LogP contribution is 2.30. The van der Waals surface area contributed by atoms with Crippen LogP contribution in [0.2, 0.25) is 0 Å². The smallest absolute Gasteiger partial charge is 0.275 e. The molecule has 2 aromatic carbocycles. The molecule has 4 aromatic rings. The fraction of sp³-hybridized carbons (Fsp3) is 0.136. The van der Waals surface area contributed by atoms with E-state index in [4.69, 9.17) is 0 Å². The number of carbonyl (C=O) groups is 2. The molecule has 0 bridgehead atoms. The molecular weight excluding hydrogens is 384 g/mol. The number of fused-ring (bicyclic) bond motifs is 1. The van der Waals surface area contributed by atoms with Gasteiger partial charge >= 0.3 is 0 Å². The van der Waals surface area contributed by atoms with E-state index in [2.05, 4.69) is 45.3 Å². The number of nitrogens with one attached hydrogen (secondary N) is 2. The zero-order valence-corrected chi connectivity index (χ0v) is 16.9. The van der Waals surface area contributed by atoms with Gasteiger partial charge in [0.05, 0.1) is 5.69 Å². The van der Waals surface area contributed by atoms with Gasteiger partial charge < -0.3 is 15.2 Å². The molecule has 0 unspecified atom stereocenters. The maximum atomic E-state index is 12.7. The molecule has 2 amide bonds. The van der Waals surface area contributed by atoms with Gasteiger partial charge in [0.15, 0.2) is 0 Å². The van der Waals surface area contributed by atoms with E-state index >= 15 is 0 Å². The van der Waals surface area contributed by atoms with E-state index in [1.165, 1.54) is 18.3 Å². The standard InChI is InChI=1S/C22H20N4O2S/c1-3-26-19-10-5-4-7-15(19)11-20(26)22-25-18(13-29-22)21(28)24-17-9-6-8-16(12-17)23-14(2)27/h4-13H,3H2,1-2H3,(H,23,27)(H,24,28). The number of carbonyl (C=O) groups excluding carboxylic acids is 2. The average molecular weight is 404 g/mol. The number of rotatable bonds is 5. The van der Waals surface area contributed by atoms with Crippen molar-refractivity contribution in [2.24, 2.45) is 0 Å². The number of hydrogen-bond acceptors (Lipinski definition) is 4. The van der Waals surface area contributed by atoms with Crippen molar-refractivity contribution in [3.63, 3.8) is 0 Å². The van der Waals surface area contributed by atoms with Crippen LogP contribution >= 0.6 is 11.3 Å². The number of benzene rings is 2. The molecule has 0 saturated heterocycles. The molecule has 0 fully saturated rings. The van der Waals surface area contributed by atoms with Crippen LogP contribution in [0.4, 0.5) is 11.4 Å². The van der Waals surface area contributed by atoms with E-state index in [9.17, 15) is 9.59 Å². The highest BCUT2D eigenvalue weighted by atomic mass is 32.1. The summed E-state index contributed by atoms with van der Waals surface area (Å²) >= 11 is 1.45. The Labute approximate surface area is 172 Å². The van der Waals surface area contributed by atoms with E-state index in [1.54, 1.807) is 29.6 Å². The number of thiazole rings is 1. The fourth-order valence-electron chi connectivity index (χ4n) is 3.30. The zero-order chi connectivity index (χ0) is 20.4. The van der Waals surface area contributed by atoms with Crippen LogP contribution in [0.1, 0.15) is 24.3 Å². The maximum Gasteiger partial charge on any atom is 0.275 e. The summed E-state index contributed by atoms with van der Waals surface area (Å²) in [5.41, 5.74) is 3.74. The number of amides is 2. The molecule has 7 heteroatoms. The minimum absolute atomic E-state index is 0.163. The van der Waals surface area contributed by atoms with Crippen molar-refractivity contribution in [2.75, 3.05) is 10.6 Å². The van der Waals surface area contributed by atoms with Crippen LogP contribution in [-0.4, -0.2) is 21.4 Å². The van der Waals surface area contributed by atoms with Gasteiger partial charge in [-0.25, -0.2) is 4.98 Å². The number of aryl methyl sites for hydroxylation is 1. The van der Waals surface area contributed by atoms with Gasteiger partial charge in [-0.15, -0.1) is 11.3 Å². The maximum absolute atomic E-state index is 12.7. The van der Waals surface area contributed by atoms with E-state index < -0.39 is 0 Å². The van der Waals surface area contributed by atoms with Crippen molar-refractivity contribution in [3.8, 4) is 10.7 Å². The summed E-state index contributed by atoms with van der Waals surface area (Å²) in [6, 6.07) is 17.3. The normalized spacial score (nSPS) is 10.8. The van der Waals surface area contributed by atoms with Crippen molar-refractivity contribution in [1.29, 1.82) is 0 Å². The van der Waals surface area contributed by atoms with Crippen LogP contribution < -0.4 is 10.6 Å². The van der Waals surface area contributed by atoms with Crippen LogP contribution in [0.15, 0.2) is 60.0 Å². The lowest BCUT2D eigenvalue weighted by atomic mass is 10.2. The summed E-state index contributed by atoms with van der Waals surface area (Å²) in [7, 11) is 0. The van der Waals surface area contributed by atoms with Crippen molar-refractivity contribution in [1.82, 2.24) is 9.55 Å². The van der Waals surface area contributed by atoms with Gasteiger partial charge in [-0.05, 0) is 37.3 Å². The highest BCUT2D eigenvalue weighted by molar-refractivity contribution is 7.13. The average Bonchev–Trinajstić information content (AvgIpc) is 3.32. The minimum atomic E-state index is -0.286. The molecular formula is C22H20N4O2S. The topological polar surface area (TPSA) is 76.0 Å². The third kappa shape index (κ3) is 3.90. The molecule has 29 heavy (non-hydrogen) atoms. The van der Waals surface area contributed by atoms with E-state index in [-0.39, 0.29) is 11.8 Å². The molecule has 146 valence electrons. The predicted molar refractivity (Wildman–Crippen MR) is 117 cm³/mol. The van der Waals surface area contributed by atoms with Gasteiger partial charge in [-0.1, -0.05) is 24.3 Å². The predicted octanol–water partition coefficient (Wildman–Crippen LogP) is 5.00. The Hall–Kier alpha value is -3.45. The Morgan fingerprint density at radius 2 is 1.79 bits per heavy atom. The lowest BCUT2D eigenvalue weighted by Crippen LogP contribution is -2.13. The third-order valence-electron chi connectivity index (χ3n) is 4.52. The van der Waals surface area contributed by atoms with Crippen LogP contribution in [0.3, 0.4) is 0 Å². The summed E-state index contributed by atoms with van der Waals surface area (Å²) < 4.78 is 2.20. The Balaban J connectivity index is 1.58. The van der Waals surface area contributed by atoms with Crippen molar-refractivity contribution in [2.45, 2.75) is 20.4 Å². The number of nitrogens with zero attached hydrogens (tertiary/aromatic N) is 2. The Morgan fingerprint density at radius 1 is 1.03 bits per heavy atom. The second kappa shape index (κ2) is 7.89. The molecule has 0 spiro atoms. The molecule has 0 aliphatic heterocycles. The van der Waals surface area contributed by atoms with Crippen molar-refractivity contribution < 1.29 is 9.59 Å². The summed E-state index contributed by atoms with van der Waals surface area (Å²) in [4.78, 5) is 28.4. The molecule has 0 atom stereocenters. The molecule has 4 rings (SSSR count). The first-order valence-corrected chi connectivity index (χ1v) is 10.2. The molecule has 0 aliphatic rings. The number of anilines is 2. The molecule has 6 nitrogen and oxygen atoms in total. The summed E-state index contributed by atoms with van der Waals surface area (Å²) in [6.07, 6.45) is 0. The largest absolute Gasteiger partial charge is 0.339 e. The lowest BCUT2D eigenvalue weighted by molar-refractivity contribution is -0.114. The number of hydrogen-bond donors (Lipinski definition) is 2. The monoisotopic (exact) mass is 404 g/mol. The van der Waals surface area contributed by atoms with Gasteiger partial charge in [-0.2, -0.15) is 0 Å². The summed E-state index contributed by atoms with van der Waals surface area (Å²) in [5.74, 6) is -0.449. The molecule has 2 heterocycles. The molecule has 0 saturated carbocycles. The van der Waals surface area contributed by atoms with Crippen LogP contribution in [0.5, 0.6) is 0 Å². The van der Waals surface area contributed by atoms with Gasteiger partial charge in [0.25, 0.3) is 5.91 Å². The van der Waals surface area contributed by atoms with E-state index in [1.807, 2.05) is 12.1 Å². The highest BCUT2D eigenvalue weighted by Gasteiger charge is 2.16. The van der Waals surface area contributed by atoms with E-state index in [0.717, 1.165) is 28.1 Å². The first-order chi connectivity index (χ1) is 14.0. The first kappa shape index (κ1) is 18.9. The number of aromatic nitrogens is 2. The van der Waals surface area contributed by atoms with Gasteiger partial charge in [0, 0.05) is 41.1 Å². The van der Waals surface area contributed by atoms with Crippen molar-refractivity contribution in [3.05, 3.63) is 65.7 Å². The third-order valence-corrected chi connectivity index (χ3v) is 5.39.